The van der Waals surface area contributed by atoms with Crippen LogP contribution in [0.25, 0.3) is 10.9 Å². The van der Waals surface area contributed by atoms with Crippen molar-refractivity contribution in [3.8, 4) is 11.8 Å². The van der Waals surface area contributed by atoms with Crippen molar-refractivity contribution in [1.29, 1.82) is 0 Å². The minimum absolute atomic E-state index is 0.0675. The molecule has 0 saturated carbocycles. The quantitative estimate of drug-likeness (QED) is 0.361. The Labute approximate surface area is 197 Å². The molecule has 33 heavy (non-hydrogen) atoms. The van der Waals surface area contributed by atoms with Gasteiger partial charge in [0, 0.05) is 52.3 Å². The maximum absolute atomic E-state index is 14.2. The second-order valence-corrected chi connectivity index (χ2v) is 10.2. The predicted octanol–water partition coefficient (Wildman–Crippen LogP) is 4.75. The van der Waals surface area contributed by atoms with Gasteiger partial charge in [-0.15, -0.1) is 0 Å². The van der Waals surface area contributed by atoms with Gasteiger partial charge in [0.05, 0.1) is 18.7 Å². The molecule has 0 fully saturated rings. The van der Waals surface area contributed by atoms with Crippen LogP contribution in [-0.2, 0) is 39.3 Å². The van der Waals surface area contributed by atoms with Crippen LogP contribution in [0.15, 0.2) is 40.9 Å². The van der Waals surface area contributed by atoms with Gasteiger partial charge in [0.1, 0.15) is 6.61 Å². The van der Waals surface area contributed by atoms with Crippen molar-refractivity contribution in [3.63, 3.8) is 0 Å². The molecule has 0 radical (unpaired) electrons. The molecular formula is C23H21BrF2NO5P. The average Bonchev–Trinajstić information content (AvgIpc) is 3.08. The molecule has 0 unspecified atom stereocenters. The molecule has 6 nitrogen and oxygen atoms in total. The molecule has 1 aliphatic heterocycles. The summed E-state index contributed by atoms with van der Waals surface area (Å²) in [5, 5.41) is 1.03. The lowest BCUT2D eigenvalue weighted by Gasteiger charge is -2.20. The zero-order chi connectivity index (χ0) is 23.8. The highest BCUT2D eigenvalue weighted by molar-refractivity contribution is 9.10. The number of benzene rings is 2. The first-order valence-electron chi connectivity index (χ1n) is 10.1. The lowest BCUT2D eigenvalue weighted by molar-refractivity contribution is 0.0557. The molecule has 4 rings (SSSR count). The zero-order valence-electron chi connectivity index (χ0n) is 17.6. The number of nitrogens with zero attached hydrogens (tertiary/aromatic N) is 1. The van der Waals surface area contributed by atoms with Gasteiger partial charge in [-0.2, -0.15) is 8.78 Å². The molecule has 0 spiro atoms. The van der Waals surface area contributed by atoms with E-state index in [9.17, 15) is 13.3 Å². The highest BCUT2D eigenvalue weighted by atomic mass is 79.9. The number of alkyl halides is 2. The second kappa shape index (κ2) is 9.30. The first-order chi connectivity index (χ1) is 15.6. The van der Waals surface area contributed by atoms with Crippen LogP contribution < -0.4 is 0 Å². The molecule has 2 N–H and O–H groups in total. The van der Waals surface area contributed by atoms with Gasteiger partial charge in [0.25, 0.3) is 0 Å². The molecule has 2 heterocycles. The van der Waals surface area contributed by atoms with Gasteiger partial charge >= 0.3 is 13.3 Å². The summed E-state index contributed by atoms with van der Waals surface area (Å²) in [7, 11) is -4.09. The molecule has 0 aliphatic carbocycles. The van der Waals surface area contributed by atoms with E-state index in [2.05, 4.69) is 32.3 Å². The number of methoxy groups -OCH3 is 1. The summed E-state index contributed by atoms with van der Waals surface area (Å²) >= 11 is 3.07. The smallest absolute Gasteiger partial charge is 0.376 e. The summed E-state index contributed by atoms with van der Waals surface area (Å²) < 4.78 is 52.5. The van der Waals surface area contributed by atoms with Gasteiger partial charge in [-0.1, -0.05) is 52.0 Å². The molecule has 1 aromatic heterocycles. The standard InChI is InChI=1S/C23H21BrF2NO5P/c1-31-10-3-5-16-4-2-6-17-18-14-32-11-9-21(18)27(22(16)17)13-15-7-8-19(20(24)12-15)23(25,26)33(28,29)30/h2,4,6-8,12H,9-11,13-14H2,1H3,(H2,28,29,30). The molecule has 1 aliphatic rings. The van der Waals surface area contributed by atoms with E-state index in [4.69, 9.17) is 19.3 Å². The van der Waals surface area contributed by atoms with Crippen LogP contribution in [0.3, 0.4) is 0 Å². The number of aromatic nitrogens is 1. The van der Waals surface area contributed by atoms with E-state index < -0.39 is 18.8 Å². The van der Waals surface area contributed by atoms with Crippen molar-refractivity contribution < 1.29 is 32.6 Å². The Morgan fingerprint density at radius 3 is 2.79 bits per heavy atom. The van der Waals surface area contributed by atoms with Gasteiger partial charge in [0.15, 0.2) is 0 Å². The number of fused-ring (bicyclic) bond motifs is 3. The maximum Gasteiger partial charge on any atom is 0.399 e. The van der Waals surface area contributed by atoms with E-state index in [-0.39, 0.29) is 4.47 Å². The van der Waals surface area contributed by atoms with Crippen molar-refractivity contribution in [2.75, 3.05) is 20.3 Å². The average molecular weight is 540 g/mol. The van der Waals surface area contributed by atoms with Crippen molar-refractivity contribution in [2.45, 2.75) is 25.2 Å². The van der Waals surface area contributed by atoms with E-state index in [0.29, 0.717) is 38.3 Å². The molecular weight excluding hydrogens is 519 g/mol. The molecule has 0 bridgehead atoms. The topological polar surface area (TPSA) is 80.9 Å². The van der Waals surface area contributed by atoms with E-state index in [1.807, 2.05) is 18.2 Å². The van der Waals surface area contributed by atoms with Crippen LogP contribution in [0, 0.1) is 11.8 Å². The van der Waals surface area contributed by atoms with Gasteiger partial charge in [-0.05, 0) is 17.7 Å². The largest absolute Gasteiger partial charge is 0.399 e. The summed E-state index contributed by atoms with van der Waals surface area (Å²) in [6, 6.07) is 9.86. The van der Waals surface area contributed by atoms with Crippen molar-refractivity contribution in [2.24, 2.45) is 0 Å². The van der Waals surface area contributed by atoms with Gasteiger partial charge in [-0.3, -0.25) is 4.57 Å². The van der Waals surface area contributed by atoms with E-state index >= 15 is 0 Å². The van der Waals surface area contributed by atoms with Crippen molar-refractivity contribution in [3.05, 3.63) is 68.8 Å². The fourth-order valence-electron chi connectivity index (χ4n) is 4.04. The van der Waals surface area contributed by atoms with Crippen LogP contribution in [-0.4, -0.2) is 34.7 Å². The predicted molar refractivity (Wildman–Crippen MR) is 123 cm³/mol. The van der Waals surface area contributed by atoms with Crippen molar-refractivity contribution >= 4 is 34.4 Å². The summed E-state index contributed by atoms with van der Waals surface area (Å²) in [6.45, 7) is 1.72. The summed E-state index contributed by atoms with van der Waals surface area (Å²) in [4.78, 5) is 18.1. The first kappa shape index (κ1) is 24.1. The third-order valence-electron chi connectivity index (χ3n) is 5.54. The maximum atomic E-state index is 14.2. The summed E-state index contributed by atoms with van der Waals surface area (Å²) in [5.74, 6) is 6.13. The highest BCUT2D eigenvalue weighted by Crippen LogP contribution is 2.60. The van der Waals surface area contributed by atoms with Crippen LogP contribution in [0.2, 0.25) is 0 Å². The van der Waals surface area contributed by atoms with Crippen LogP contribution in [0.1, 0.15) is 27.9 Å². The normalized spacial score (nSPS) is 14.1. The number of ether oxygens (including phenoxy) is 2. The Morgan fingerprint density at radius 2 is 2.09 bits per heavy atom. The SMILES string of the molecule is COCC#Cc1cccc2c3c(n(Cc4ccc(C(F)(F)P(=O)(O)O)c(Br)c4)c12)CCOC3. The Morgan fingerprint density at radius 1 is 1.30 bits per heavy atom. The van der Waals surface area contributed by atoms with Crippen LogP contribution >= 0.6 is 23.5 Å². The minimum Gasteiger partial charge on any atom is -0.376 e. The molecule has 0 amide bonds. The monoisotopic (exact) mass is 539 g/mol. The Balaban J connectivity index is 1.82. The third kappa shape index (κ3) is 4.52. The number of rotatable bonds is 5. The second-order valence-electron chi connectivity index (χ2n) is 7.65. The first-order valence-corrected chi connectivity index (χ1v) is 12.5. The molecule has 3 aromatic rings. The molecule has 2 aromatic carbocycles. The fraction of sp³-hybridized carbons (Fsp3) is 0.304. The molecule has 0 saturated heterocycles. The Kier molecular flexibility index (Phi) is 6.79. The Hall–Kier alpha value is -2.05. The van der Waals surface area contributed by atoms with E-state index in [0.717, 1.165) is 33.8 Å². The van der Waals surface area contributed by atoms with E-state index in [1.165, 1.54) is 12.1 Å². The summed E-state index contributed by atoms with van der Waals surface area (Å²) in [6.07, 6.45) is 0.699. The third-order valence-corrected chi connectivity index (χ3v) is 7.17. The van der Waals surface area contributed by atoms with Crippen LogP contribution in [0.4, 0.5) is 8.78 Å². The van der Waals surface area contributed by atoms with Gasteiger partial charge in [0.2, 0.25) is 0 Å². The number of halogens is 3. The summed E-state index contributed by atoms with van der Waals surface area (Å²) in [5.41, 5.74) is -0.421. The Bertz CT molecular complexity index is 1320. The lowest BCUT2D eigenvalue weighted by atomic mass is 10.1. The number of hydrogen-bond donors (Lipinski definition) is 2. The number of para-hydroxylation sites is 1. The zero-order valence-corrected chi connectivity index (χ0v) is 20.1. The van der Waals surface area contributed by atoms with Crippen LogP contribution in [0.5, 0.6) is 0 Å². The fourth-order valence-corrected chi connectivity index (χ4v) is 5.38. The minimum atomic E-state index is -5.67. The molecule has 10 heteroatoms. The highest BCUT2D eigenvalue weighted by Gasteiger charge is 2.51. The molecule has 0 atom stereocenters. The number of hydrogen-bond acceptors (Lipinski definition) is 3. The van der Waals surface area contributed by atoms with Crippen molar-refractivity contribution in [1.82, 2.24) is 4.57 Å². The van der Waals surface area contributed by atoms with Gasteiger partial charge < -0.3 is 23.8 Å². The van der Waals surface area contributed by atoms with E-state index in [1.54, 1.807) is 7.11 Å². The van der Waals surface area contributed by atoms with Gasteiger partial charge in [-0.25, -0.2) is 0 Å². The molecule has 174 valence electrons. The lowest BCUT2D eigenvalue weighted by Crippen LogP contribution is -2.16.